The summed E-state index contributed by atoms with van der Waals surface area (Å²) in [6, 6.07) is 6.68. The van der Waals surface area contributed by atoms with Crippen molar-refractivity contribution in [3.05, 3.63) is 46.7 Å². The van der Waals surface area contributed by atoms with Gasteiger partial charge >= 0.3 is 11.9 Å². The van der Waals surface area contributed by atoms with E-state index in [1.54, 1.807) is 5.55 Å². The van der Waals surface area contributed by atoms with E-state index in [0.29, 0.717) is 11.3 Å². The topological polar surface area (TPSA) is 163 Å². The Labute approximate surface area is 198 Å². The largest absolute Gasteiger partial charge is 0.477 e. The minimum atomic E-state index is -1.27. The van der Waals surface area contributed by atoms with Crippen molar-refractivity contribution in [3.63, 3.8) is 0 Å². The number of hydrazone groups is 1. The van der Waals surface area contributed by atoms with Crippen molar-refractivity contribution in [2.75, 3.05) is 12.4 Å². The maximum Gasteiger partial charge on any atom is 0.352 e. The van der Waals surface area contributed by atoms with Crippen LogP contribution in [0.5, 0.6) is 0 Å². The molecular formula is C20H23N5O6S2. The average molecular weight is 494 g/mol. The fourth-order valence-electron chi connectivity index (χ4n) is 3.35. The standard InChI is InChI=1S/C20H23N5O6S2/c1-11(26)31-7-14-9-33-19-16(18(28)25(19)17(14)20(29)30)23-15(27)6-12-2-4-13(5-3-12)8-32-10-22-24-21/h2-5,10,16,19,24H,6-9,21H2,1H3,(H,23,27)(H,29,30). The summed E-state index contributed by atoms with van der Waals surface area (Å²) in [7, 11) is 0. The van der Waals surface area contributed by atoms with E-state index >= 15 is 0 Å². The molecule has 0 spiro atoms. The Morgan fingerprint density at radius 3 is 2.67 bits per heavy atom. The van der Waals surface area contributed by atoms with Gasteiger partial charge in [0.25, 0.3) is 5.91 Å². The van der Waals surface area contributed by atoms with Crippen LogP contribution >= 0.6 is 23.5 Å². The number of esters is 1. The number of benzene rings is 1. The van der Waals surface area contributed by atoms with Crippen LogP contribution in [0.2, 0.25) is 0 Å². The number of thioether (sulfide) groups is 2. The summed E-state index contributed by atoms with van der Waals surface area (Å²) in [6.45, 7) is 1.03. The third-order valence-corrected chi connectivity index (χ3v) is 6.95. The van der Waals surface area contributed by atoms with Gasteiger partial charge in [0.05, 0.1) is 12.0 Å². The number of hydrogen-bond acceptors (Lipinski definition) is 10. The van der Waals surface area contributed by atoms with E-state index in [2.05, 4.69) is 16.0 Å². The number of fused-ring (bicyclic) bond motifs is 1. The molecule has 5 N–H and O–H groups in total. The Balaban J connectivity index is 1.57. The lowest BCUT2D eigenvalue weighted by Gasteiger charge is -2.49. The van der Waals surface area contributed by atoms with Crippen LogP contribution in [0.15, 0.2) is 40.6 Å². The van der Waals surface area contributed by atoms with Crippen molar-refractivity contribution < 1.29 is 29.0 Å². The number of carbonyl (C=O) groups is 4. The molecule has 0 bridgehead atoms. The molecule has 1 fully saturated rings. The van der Waals surface area contributed by atoms with E-state index < -0.39 is 29.3 Å². The molecule has 1 aromatic carbocycles. The molecule has 13 heteroatoms. The van der Waals surface area contributed by atoms with Gasteiger partial charge in [0.15, 0.2) is 0 Å². The Morgan fingerprint density at radius 2 is 2.03 bits per heavy atom. The molecule has 176 valence electrons. The number of hydrogen-bond donors (Lipinski definition) is 4. The van der Waals surface area contributed by atoms with Crippen LogP contribution < -0.4 is 16.7 Å². The number of nitrogens with zero attached hydrogens (tertiary/aromatic N) is 2. The van der Waals surface area contributed by atoms with Crippen molar-refractivity contribution in [2.45, 2.75) is 30.5 Å². The second-order valence-electron chi connectivity index (χ2n) is 7.16. The number of carboxylic acids is 1. The predicted octanol–water partition coefficient (Wildman–Crippen LogP) is 0.171. The van der Waals surface area contributed by atoms with Gasteiger partial charge in [-0.25, -0.2) is 16.2 Å². The van der Waals surface area contributed by atoms with Crippen LogP contribution in [-0.4, -0.2) is 63.1 Å². The minimum absolute atomic E-state index is 0.0898. The molecule has 2 aliphatic heterocycles. The Morgan fingerprint density at radius 1 is 1.33 bits per heavy atom. The van der Waals surface area contributed by atoms with E-state index in [9.17, 15) is 24.3 Å². The van der Waals surface area contributed by atoms with Crippen LogP contribution in [0.25, 0.3) is 0 Å². The highest BCUT2D eigenvalue weighted by Gasteiger charge is 2.54. The number of hydrazine groups is 1. The molecule has 2 aliphatic rings. The summed E-state index contributed by atoms with van der Waals surface area (Å²) < 4.78 is 4.91. The maximum absolute atomic E-state index is 12.6. The summed E-state index contributed by atoms with van der Waals surface area (Å²) in [4.78, 5) is 49.1. The quantitative estimate of drug-likeness (QED) is 0.0882. The molecule has 33 heavy (non-hydrogen) atoms. The van der Waals surface area contributed by atoms with Gasteiger partial charge in [-0.15, -0.1) is 23.5 Å². The fraction of sp³-hybridized carbons (Fsp3) is 0.350. The molecule has 1 saturated heterocycles. The highest BCUT2D eigenvalue weighted by Crippen LogP contribution is 2.40. The van der Waals surface area contributed by atoms with Gasteiger partial charge in [0.1, 0.15) is 23.7 Å². The summed E-state index contributed by atoms with van der Waals surface area (Å²) in [5.74, 6) is 3.38. The number of amides is 2. The molecule has 2 amide bonds. The Kier molecular flexibility index (Phi) is 8.36. The zero-order valence-corrected chi connectivity index (χ0v) is 19.3. The highest BCUT2D eigenvalue weighted by molar-refractivity contribution is 8.11. The van der Waals surface area contributed by atoms with Gasteiger partial charge in [-0.2, -0.15) is 5.10 Å². The first-order valence-electron chi connectivity index (χ1n) is 9.81. The minimum Gasteiger partial charge on any atom is -0.477 e. The van der Waals surface area contributed by atoms with E-state index in [0.717, 1.165) is 16.0 Å². The summed E-state index contributed by atoms with van der Waals surface area (Å²) in [5.41, 5.74) is 5.77. The number of rotatable bonds is 10. The number of ether oxygens (including phenoxy) is 1. The molecule has 2 heterocycles. The lowest BCUT2D eigenvalue weighted by atomic mass is 10.0. The monoisotopic (exact) mass is 493 g/mol. The average Bonchev–Trinajstić information content (AvgIpc) is 2.79. The van der Waals surface area contributed by atoms with Gasteiger partial charge < -0.3 is 15.2 Å². The summed E-state index contributed by atoms with van der Waals surface area (Å²) >= 11 is 2.78. The number of nitrogens with two attached hydrogens (primary N) is 1. The number of aliphatic carboxylic acids is 1. The first-order chi connectivity index (χ1) is 15.8. The molecule has 3 rings (SSSR count). The normalized spacial score (nSPS) is 19.7. The van der Waals surface area contributed by atoms with E-state index in [1.807, 2.05) is 24.3 Å². The lowest BCUT2D eigenvalue weighted by Crippen LogP contribution is -2.70. The van der Waals surface area contributed by atoms with Crippen molar-refractivity contribution in [2.24, 2.45) is 10.9 Å². The van der Waals surface area contributed by atoms with Crippen LogP contribution in [0, 0.1) is 0 Å². The van der Waals surface area contributed by atoms with Gasteiger partial charge in [0, 0.05) is 24.0 Å². The fourth-order valence-corrected chi connectivity index (χ4v) is 5.27. The third kappa shape index (κ3) is 6.06. The summed E-state index contributed by atoms with van der Waals surface area (Å²) in [5, 5.41) is 15.4. The molecule has 0 aromatic heterocycles. The lowest BCUT2D eigenvalue weighted by molar-refractivity contribution is -0.151. The smallest absolute Gasteiger partial charge is 0.352 e. The SMILES string of the molecule is CC(=O)OCC1=C(C(=O)O)N2C(=O)C(NC(=O)Cc3ccc(CSC=NNN)cc3)C2SC1. The number of β-lactam (4-membered cyclic amide) rings is 1. The molecule has 2 unspecified atom stereocenters. The molecule has 11 nitrogen and oxygen atoms in total. The van der Waals surface area contributed by atoms with Gasteiger partial charge in [-0.05, 0) is 11.1 Å². The van der Waals surface area contributed by atoms with E-state index in [-0.39, 0.29) is 30.4 Å². The Bertz CT molecular complexity index is 997. The first-order valence-corrected chi connectivity index (χ1v) is 11.9. The Hall–Kier alpha value is -3.03. The first kappa shape index (κ1) is 24.6. The predicted molar refractivity (Wildman–Crippen MR) is 124 cm³/mol. The van der Waals surface area contributed by atoms with Crippen LogP contribution in [0.3, 0.4) is 0 Å². The highest BCUT2D eigenvalue weighted by atomic mass is 32.2. The van der Waals surface area contributed by atoms with Crippen LogP contribution in [0.4, 0.5) is 0 Å². The van der Waals surface area contributed by atoms with Crippen molar-refractivity contribution in [1.82, 2.24) is 15.8 Å². The van der Waals surface area contributed by atoms with Crippen molar-refractivity contribution >= 4 is 52.8 Å². The van der Waals surface area contributed by atoms with Crippen LogP contribution in [0.1, 0.15) is 18.1 Å². The van der Waals surface area contributed by atoms with Gasteiger partial charge in [-0.1, -0.05) is 24.3 Å². The van der Waals surface area contributed by atoms with Gasteiger partial charge in [-0.3, -0.25) is 19.3 Å². The zero-order chi connectivity index (χ0) is 24.0. The molecule has 2 atom stereocenters. The van der Waals surface area contributed by atoms with E-state index in [4.69, 9.17) is 10.6 Å². The molecule has 0 aliphatic carbocycles. The zero-order valence-electron chi connectivity index (χ0n) is 17.6. The maximum atomic E-state index is 12.6. The molecule has 1 aromatic rings. The number of carboxylic acid groups (broad SMARTS) is 1. The number of carbonyl (C=O) groups excluding carboxylic acids is 3. The molecular weight excluding hydrogens is 470 g/mol. The second kappa shape index (κ2) is 11.2. The number of nitrogens with one attached hydrogen (secondary N) is 2. The van der Waals surface area contributed by atoms with Crippen molar-refractivity contribution in [1.29, 1.82) is 0 Å². The summed E-state index contributed by atoms with van der Waals surface area (Å²) in [6.07, 6.45) is 0.0898. The van der Waals surface area contributed by atoms with E-state index in [1.165, 1.54) is 30.4 Å². The second-order valence-corrected chi connectivity index (χ2v) is 9.10. The molecule has 0 radical (unpaired) electrons. The molecule has 0 saturated carbocycles. The van der Waals surface area contributed by atoms with Crippen molar-refractivity contribution in [3.8, 4) is 0 Å². The van der Waals surface area contributed by atoms with Crippen LogP contribution in [-0.2, 0) is 36.1 Å². The third-order valence-electron chi connectivity index (χ3n) is 4.86. The van der Waals surface area contributed by atoms with Gasteiger partial charge in [0.2, 0.25) is 5.91 Å².